The molecule has 0 spiro atoms. The third-order valence-corrected chi connectivity index (χ3v) is 7.85. The average Bonchev–Trinajstić information content (AvgIpc) is 3.37. The maximum Gasteiger partial charge on any atom is 0.321 e. The standard InChI is InChI=1S/C22H25N5O3S/c23-21-25-19(16-4-2-1-3-5-16)14-27(21)31(29,30)18-8-9-20-17(12-18)10-11-26(20)22(28)24-13-15-6-7-15/h1-5,8-9,12,15,19H,6-7,10-11,13-14H2,(H2,23,25)(H,24,28). The number of fused-ring (bicyclic) bond motifs is 1. The second-order valence-corrected chi connectivity index (χ2v) is 10.1. The number of anilines is 1. The lowest BCUT2D eigenvalue weighted by molar-refractivity contribution is 0.246. The highest BCUT2D eigenvalue weighted by Gasteiger charge is 2.36. The highest BCUT2D eigenvalue weighted by Crippen LogP contribution is 2.33. The highest BCUT2D eigenvalue weighted by molar-refractivity contribution is 7.89. The summed E-state index contributed by atoms with van der Waals surface area (Å²) < 4.78 is 27.8. The van der Waals surface area contributed by atoms with E-state index in [0.717, 1.165) is 16.8 Å². The van der Waals surface area contributed by atoms with Crippen LogP contribution < -0.4 is 16.0 Å². The third-order valence-electron chi connectivity index (χ3n) is 6.09. The Morgan fingerprint density at radius 2 is 1.94 bits per heavy atom. The van der Waals surface area contributed by atoms with E-state index in [1.807, 2.05) is 30.3 Å². The minimum absolute atomic E-state index is 0.00423. The molecule has 0 bridgehead atoms. The van der Waals surface area contributed by atoms with Gasteiger partial charge in [0.05, 0.1) is 17.5 Å². The SMILES string of the molecule is NC1=NC(c2ccccc2)CN1S(=O)(=O)c1ccc2c(c1)CCN2C(=O)NCC1CC1. The highest BCUT2D eigenvalue weighted by atomic mass is 32.2. The zero-order valence-electron chi connectivity index (χ0n) is 17.1. The molecule has 1 saturated carbocycles. The maximum absolute atomic E-state index is 13.3. The van der Waals surface area contributed by atoms with Crippen molar-refractivity contribution in [1.82, 2.24) is 9.62 Å². The third kappa shape index (κ3) is 3.74. The summed E-state index contributed by atoms with van der Waals surface area (Å²) in [6.07, 6.45) is 2.96. The quantitative estimate of drug-likeness (QED) is 0.745. The molecule has 5 rings (SSSR count). The fraction of sp³-hybridized carbons (Fsp3) is 0.364. The molecule has 1 aliphatic carbocycles. The Bertz CT molecular complexity index is 1140. The number of nitrogens with two attached hydrogens (primary N) is 1. The van der Waals surface area contributed by atoms with Crippen LogP contribution in [-0.2, 0) is 16.4 Å². The number of aliphatic imine (C=N–C) groups is 1. The number of hydrogen-bond acceptors (Lipinski definition) is 5. The van der Waals surface area contributed by atoms with Crippen molar-refractivity contribution in [3.8, 4) is 0 Å². The lowest BCUT2D eigenvalue weighted by atomic mass is 10.1. The predicted octanol–water partition coefficient (Wildman–Crippen LogP) is 2.23. The van der Waals surface area contributed by atoms with Gasteiger partial charge in [-0.3, -0.25) is 4.90 Å². The number of benzene rings is 2. The van der Waals surface area contributed by atoms with Crippen LogP contribution in [0.3, 0.4) is 0 Å². The zero-order chi connectivity index (χ0) is 21.6. The summed E-state index contributed by atoms with van der Waals surface area (Å²) in [6, 6.07) is 14.0. The summed E-state index contributed by atoms with van der Waals surface area (Å²) >= 11 is 0. The molecule has 1 unspecified atom stereocenters. The van der Waals surface area contributed by atoms with E-state index in [1.54, 1.807) is 23.1 Å². The van der Waals surface area contributed by atoms with Gasteiger partial charge in [-0.15, -0.1) is 0 Å². The molecule has 2 aliphatic heterocycles. The molecule has 0 radical (unpaired) electrons. The number of nitrogens with one attached hydrogen (secondary N) is 1. The molecule has 2 heterocycles. The summed E-state index contributed by atoms with van der Waals surface area (Å²) in [4.78, 5) is 18.7. The number of carbonyl (C=O) groups is 1. The summed E-state index contributed by atoms with van der Waals surface area (Å²) in [7, 11) is -3.84. The van der Waals surface area contributed by atoms with Gasteiger partial charge in [-0.1, -0.05) is 30.3 Å². The van der Waals surface area contributed by atoms with Crippen molar-refractivity contribution in [2.45, 2.75) is 30.2 Å². The van der Waals surface area contributed by atoms with Crippen LogP contribution in [-0.4, -0.2) is 44.3 Å². The number of amides is 2. The number of guanidine groups is 1. The molecule has 0 aromatic heterocycles. The van der Waals surface area contributed by atoms with Gasteiger partial charge < -0.3 is 11.1 Å². The molecule has 31 heavy (non-hydrogen) atoms. The van der Waals surface area contributed by atoms with Crippen LogP contribution in [0.2, 0.25) is 0 Å². The first-order chi connectivity index (χ1) is 14.9. The molecule has 0 saturated heterocycles. The Labute approximate surface area is 181 Å². The van der Waals surface area contributed by atoms with Gasteiger partial charge in [0, 0.05) is 18.8 Å². The Kier molecular flexibility index (Phi) is 4.85. The summed E-state index contributed by atoms with van der Waals surface area (Å²) in [5, 5.41) is 2.97. The Morgan fingerprint density at radius 1 is 1.16 bits per heavy atom. The van der Waals surface area contributed by atoms with E-state index in [2.05, 4.69) is 10.3 Å². The van der Waals surface area contributed by atoms with E-state index in [1.165, 1.54) is 17.1 Å². The molecule has 2 aromatic rings. The van der Waals surface area contributed by atoms with Crippen LogP contribution in [0.25, 0.3) is 0 Å². The van der Waals surface area contributed by atoms with Crippen molar-refractivity contribution in [2.24, 2.45) is 16.6 Å². The predicted molar refractivity (Wildman–Crippen MR) is 118 cm³/mol. The van der Waals surface area contributed by atoms with Crippen molar-refractivity contribution < 1.29 is 13.2 Å². The topological polar surface area (TPSA) is 108 Å². The monoisotopic (exact) mass is 439 g/mol. The van der Waals surface area contributed by atoms with Crippen molar-refractivity contribution in [2.75, 3.05) is 24.5 Å². The molecule has 9 heteroatoms. The average molecular weight is 440 g/mol. The smallest absolute Gasteiger partial charge is 0.321 e. The number of hydrogen-bond donors (Lipinski definition) is 2. The minimum atomic E-state index is -3.84. The van der Waals surface area contributed by atoms with Gasteiger partial charge in [-0.05, 0) is 54.5 Å². The Hall–Kier alpha value is -3.07. The molecule has 3 N–H and O–H groups in total. The van der Waals surface area contributed by atoms with Crippen molar-refractivity contribution >= 4 is 27.7 Å². The Balaban J connectivity index is 1.34. The number of sulfonamides is 1. The molecular weight excluding hydrogens is 414 g/mol. The van der Waals surface area contributed by atoms with Crippen LogP contribution in [0.4, 0.5) is 10.5 Å². The Morgan fingerprint density at radius 3 is 2.68 bits per heavy atom. The molecule has 8 nitrogen and oxygen atoms in total. The molecule has 1 atom stereocenters. The summed E-state index contributed by atoms with van der Waals surface area (Å²) in [5.41, 5.74) is 8.53. The first-order valence-corrected chi connectivity index (χ1v) is 12.0. The molecule has 162 valence electrons. The van der Waals surface area contributed by atoms with Crippen LogP contribution in [0.15, 0.2) is 58.4 Å². The number of rotatable bonds is 5. The minimum Gasteiger partial charge on any atom is -0.369 e. The van der Waals surface area contributed by atoms with Gasteiger partial charge in [0.15, 0.2) is 0 Å². The van der Waals surface area contributed by atoms with E-state index in [4.69, 9.17) is 5.73 Å². The zero-order valence-corrected chi connectivity index (χ0v) is 17.9. The van der Waals surface area contributed by atoms with Crippen LogP contribution in [0.1, 0.15) is 30.0 Å². The first kappa shape index (κ1) is 19.9. The molecular formula is C22H25N5O3S. The molecule has 2 amide bonds. The lowest BCUT2D eigenvalue weighted by Gasteiger charge is -2.20. The fourth-order valence-corrected chi connectivity index (χ4v) is 5.53. The summed E-state index contributed by atoms with van der Waals surface area (Å²) in [5.74, 6) is 0.598. The van der Waals surface area contributed by atoms with Crippen LogP contribution in [0.5, 0.6) is 0 Å². The lowest BCUT2D eigenvalue weighted by Crippen LogP contribution is -2.40. The molecule has 1 fully saturated rings. The molecule has 3 aliphatic rings. The number of carbonyl (C=O) groups excluding carboxylic acids is 1. The second kappa shape index (κ2) is 7.56. The van der Waals surface area contributed by atoms with Gasteiger partial charge in [0.2, 0.25) is 5.96 Å². The van der Waals surface area contributed by atoms with Crippen molar-refractivity contribution in [3.63, 3.8) is 0 Å². The van der Waals surface area contributed by atoms with E-state index in [-0.39, 0.29) is 29.5 Å². The van der Waals surface area contributed by atoms with Gasteiger partial charge in [-0.25, -0.2) is 22.5 Å². The van der Waals surface area contributed by atoms with Gasteiger partial charge in [0.1, 0.15) is 0 Å². The largest absolute Gasteiger partial charge is 0.369 e. The van der Waals surface area contributed by atoms with Gasteiger partial charge >= 0.3 is 6.03 Å². The van der Waals surface area contributed by atoms with Crippen molar-refractivity contribution in [1.29, 1.82) is 0 Å². The van der Waals surface area contributed by atoms with Crippen molar-refractivity contribution in [3.05, 3.63) is 59.7 Å². The van der Waals surface area contributed by atoms with Crippen LogP contribution in [0, 0.1) is 5.92 Å². The van der Waals surface area contributed by atoms with E-state index in [9.17, 15) is 13.2 Å². The maximum atomic E-state index is 13.3. The van der Waals surface area contributed by atoms with E-state index < -0.39 is 10.0 Å². The normalized spacial score (nSPS) is 20.5. The second-order valence-electron chi connectivity index (χ2n) is 8.27. The van der Waals surface area contributed by atoms with Gasteiger partial charge in [-0.2, -0.15) is 0 Å². The van der Waals surface area contributed by atoms with Gasteiger partial charge in [0.25, 0.3) is 10.0 Å². The summed E-state index contributed by atoms with van der Waals surface area (Å²) in [6.45, 7) is 1.41. The van der Waals surface area contributed by atoms with E-state index >= 15 is 0 Å². The first-order valence-electron chi connectivity index (χ1n) is 10.5. The number of urea groups is 1. The van der Waals surface area contributed by atoms with Crippen LogP contribution >= 0.6 is 0 Å². The molecule has 2 aromatic carbocycles. The fourth-order valence-electron chi connectivity index (χ4n) is 4.12. The van der Waals surface area contributed by atoms with E-state index in [0.29, 0.717) is 25.4 Å². The number of nitrogens with zero attached hydrogens (tertiary/aromatic N) is 3.